The van der Waals surface area contributed by atoms with Crippen LogP contribution in [0.3, 0.4) is 0 Å². The Kier molecular flexibility index (Phi) is 4.35. The van der Waals surface area contributed by atoms with E-state index in [4.69, 9.17) is 4.42 Å². The molecule has 1 saturated heterocycles. The molecule has 140 valence electrons. The van der Waals surface area contributed by atoms with Crippen LogP contribution in [-0.2, 0) is 7.05 Å². The van der Waals surface area contributed by atoms with Gasteiger partial charge in [-0.05, 0) is 25.0 Å². The van der Waals surface area contributed by atoms with Crippen LogP contribution in [0.5, 0.6) is 0 Å². The summed E-state index contributed by atoms with van der Waals surface area (Å²) in [6, 6.07) is 9.41. The van der Waals surface area contributed by atoms with Crippen LogP contribution in [0, 0.1) is 6.92 Å². The van der Waals surface area contributed by atoms with Gasteiger partial charge >= 0.3 is 17.5 Å². The molecule has 1 unspecified atom stereocenters. The molecule has 0 bridgehead atoms. The SMILES string of the molecule is Cc1nnc(C(=O)N2CCCC(c3nn(C)c(=O)n3-c3ccccc3)C2)o1. The Morgan fingerprint density at radius 3 is 2.70 bits per heavy atom. The van der Waals surface area contributed by atoms with Gasteiger partial charge in [0.1, 0.15) is 5.82 Å². The lowest BCUT2D eigenvalue weighted by Crippen LogP contribution is -2.40. The fraction of sp³-hybridized carbons (Fsp3) is 0.389. The number of rotatable bonds is 3. The summed E-state index contributed by atoms with van der Waals surface area (Å²) in [6.45, 7) is 2.71. The summed E-state index contributed by atoms with van der Waals surface area (Å²) >= 11 is 0. The summed E-state index contributed by atoms with van der Waals surface area (Å²) in [5.74, 6) is 0.669. The van der Waals surface area contributed by atoms with Crippen molar-refractivity contribution < 1.29 is 9.21 Å². The number of piperidine rings is 1. The monoisotopic (exact) mass is 368 g/mol. The largest absolute Gasteiger partial charge is 0.417 e. The summed E-state index contributed by atoms with van der Waals surface area (Å²) in [5, 5.41) is 12.0. The van der Waals surface area contributed by atoms with Crippen molar-refractivity contribution in [2.45, 2.75) is 25.7 Å². The highest BCUT2D eigenvalue weighted by atomic mass is 16.4. The Morgan fingerprint density at radius 2 is 2.00 bits per heavy atom. The fourth-order valence-corrected chi connectivity index (χ4v) is 3.46. The maximum atomic E-state index is 12.7. The standard InChI is InChI=1S/C18H20N6O3/c1-12-19-20-16(27-12)17(25)23-10-6-7-13(11-23)15-21-22(2)18(26)24(15)14-8-4-3-5-9-14/h3-5,8-9,13H,6-7,10-11H2,1-2H3. The van der Waals surface area contributed by atoms with Crippen LogP contribution >= 0.6 is 0 Å². The van der Waals surface area contributed by atoms with E-state index in [2.05, 4.69) is 15.3 Å². The first-order valence-corrected chi connectivity index (χ1v) is 8.85. The molecule has 0 saturated carbocycles. The summed E-state index contributed by atoms with van der Waals surface area (Å²) in [5.41, 5.74) is 0.564. The average molecular weight is 368 g/mol. The molecule has 0 aliphatic carbocycles. The van der Waals surface area contributed by atoms with Gasteiger partial charge in [0.25, 0.3) is 0 Å². The molecular formula is C18H20N6O3. The third-order valence-electron chi connectivity index (χ3n) is 4.75. The van der Waals surface area contributed by atoms with Gasteiger partial charge < -0.3 is 9.32 Å². The van der Waals surface area contributed by atoms with Gasteiger partial charge in [0.05, 0.1) is 5.69 Å². The van der Waals surface area contributed by atoms with Gasteiger partial charge in [0.2, 0.25) is 5.89 Å². The average Bonchev–Trinajstić information content (AvgIpc) is 3.25. The summed E-state index contributed by atoms with van der Waals surface area (Å²) < 4.78 is 8.23. The van der Waals surface area contributed by atoms with Crippen molar-refractivity contribution in [2.24, 2.45) is 7.05 Å². The number of carbonyl (C=O) groups is 1. The van der Waals surface area contributed by atoms with Gasteiger partial charge in [-0.2, -0.15) is 5.10 Å². The molecule has 1 amide bonds. The molecule has 2 aromatic heterocycles. The van der Waals surface area contributed by atoms with E-state index in [9.17, 15) is 9.59 Å². The normalized spacial score (nSPS) is 17.3. The minimum absolute atomic E-state index is 0.00498. The summed E-state index contributed by atoms with van der Waals surface area (Å²) in [4.78, 5) is 27.0. The Bertz CT molecular complexity index is 1020. The first-order valence-electron chi connectivity index (χ1n) is 8.85. The molecule has 1 aromatic carbocycles. The highest BCUT2D eigenvalue weighted by Gasteiger charge is 2.31. The second-order valence-corrected chi connectivity index (χ2v) is 6.65. The molecule has 1 aliphatic heterocycles. The third-order valence-corrected chi connectivity index (χ3v) is 4.75. The van der Waals surface area contributed by atoms with Crippen molar-refractivity contribution in [3.63, 3.8) is 0 Å². The second-order valence-electron chi connectivity index (χ2n) is 6.65. The van der Waals surface area contributed by atoms with Gasteiger partial charge in [-0.25, -0.2) is 14.0 Å². The van der Waals surface area contributed by atoms with E-state index in [1.165, 1.54) is 4.68 Å². The second kappa shape index (κ2) is 6.82. The molecule has 0 radical (unpaired) electrons. The number of hydrogen-bond acceptors (Lipinski definition) is 6. The quantitative estimate of drug-likeness (QED) is 0.691. The van der Waals surface area contributed by atoms with Crippen LogP contribution in [0.2, 0.25) is 0 Å². The number of benzene rings is 1. The van der Waals surface area contributed by atoms with Crippen LogP contribution in [0.15, 0.2) is 39.5 Å². The number of para-hydroxylation sites is 1. The molecule has 1 fully saturated rings. The summed E-state index contributed by atoms with van der Waals surface area (Å²) in [6.07, 6.45) is 1.65. The van der Waals surface area contributed by atoms with E-state index in [1.807, 2.05) is 30.3 Å². The summed E-state index contributed by atoms with van der Waals surface area (Å²) in [7, 11) is 1.64. The first kappa shape index (κ1) is 17.2. The minimum Gasteiger partial charge on any atom is -0.417 e. The lowest BCUT2D eigenvalue weighted by Gasteiger charge is -2.31. The fourth-order valence-electron chi connectivity index (χ4n) is 3.46. The Morgan fingerprint density at radius 1 is 1.22 bits per heavy atom. The van der Waals surface area contributed by atoms with Crippen molar-refractivity contribution in [1.29, 1.82) is 0 Å². The first-order chi connectivity index (χ1) is 13.0. The molecule has 0 N–H and O–H groups in total. The molecule has 9 heteroatoms. The van der Waals surface area contributed by atoms with Crippen molar-refractivity contribution in [1.82, 2.24) is 29.4 Å². The number of amides is 1. The maximum absolute atomic E-state index is 12.7. The number of nitrogens with zero attached hydrogens (tertiary/aromatic N) is 6. The van der Waals surface area contributed by atoms with E-state index in [0.717, 1.165) is 18.5 Å². The molecule has 9 nitrogen and oxygen atoms in total. The maximum Gasteiger partial charge on any atom is 0.350 e. The predicted molar refractivity (Wildman–Crippen MR) is 95.7 cm³/mol. The number of hydrogen-bond donors (Lipinski definition) is 0. The molecule has 4 rings (SSSR count). The number of likely N-dealkylation sites (tertiary alicyclic amines) is 1. The number of aryl methyl sites for hydroxylation is 2. The number of carbonyl (C=O) groups excluding carboxylic acids is 1. The van der Waals surface area contributed by atoms with Crippen molar-refractivity contribution >= 4 is 5.91 Å². The zero-order valence-electron chi connectivity index (χ0n) is 15.2. The Hall–Kier alpha value is -3.23. The van der Waals surface area contributed by atoms with E-state index >= 15 is 0 Å². The molecule has 1 aliphatic rings. The van der Waals surface area contributed by atoms with Crippen LogP contribution in [0.4, 0.5) is 0 Å². The predicted octanol–water partition coefficient (Wildman–Crippen LogP) is 1.28. The van der Waals surface area contributed by atoms with Gasteiger partial charge in [-0.15, -0.1) is 10.2 Å². The van der Waals surface area contributed by atoms with Crippen molar-refractivity contribution in [2.75, 3.05) is 13.1 Å². The molecule has 0 spiro atoms. The van der Waals surface area contributed by atoms with E-state index in [0.29, 0.717) is 24.8 Å². The number of aromatic nitrogens is 5. The van der Waals surface area contributed by atoms with Crippen LogP contribution in [0.1, 0.15) is 41.2 Å². The molecule has 3 aromatic rings. The smallest absolute Gasteiger partial charge is 0.350 e. The van der Waals surface area contributed by atoms with Crippen LogP contribution < -0.4 is 5.69 Å². The minimum atomic E-state index is -0.287. The third kappa shape index (κ3) is 3.16. The van der Waals surface area contributed by atoms with Gasteiger partial charge in [0.15, 0.2) is 0 Å². The molecule has 3 heterocycles. The zero-order chi connectivity index (χ0) is 19.0. The highest BCUT2D eigenvalue weighted by molar-refractivity contribution is 5.89. The van der Waals surface area contributed by atoms with Crippen molar-refractivity contribution in [3.05, 3.63) is 58.4 Å². The van der Waals surface area contributed by atoms with Crippen LogP contribution in [0.25, 0.3) is 5.69 Å². The molecular weight excluding hydrogens is 348 g/mol. The van der Waals surface area contributed by atoms with E-state index in [-0.39, 0.29) is 23.4 Å². The molecule has 27 heavy (non-hydrogen) atoms. The topological polar surface area (TPSA) is 99.0 Å². The van der Waals surface area contributed by atoms with Gasteiger partial charge in [-0.3, -0.25) is 4.79 Å². The zero-order valence-corrected chi connectivity index (χ0v) is 15.2. The van der Waals surface area contributed by atoms with Crippen molar-refractivity contribution in [3.8, 4) is 5.69 Å². The van der Waals surface area contributed by atoms with Gasteiger partial charge in [-0.1, -0.05) is 18.2 Å². The van der Waals surface area contributed by atoms with Crippen LogP contribution in [-0.4, -0.2) is 48.4 Å². The molecule has 1 atom stereocenters. The lowest BCUT2D eigenvalue weighted by molar-refractivity contribution is 0.0662. The Labute approximate surface area is 155 Å². The van der Waals surface area contributed by atoms with E-state index < -0.39 is 0 Å². The Balaban J connectivity index is 1.65. The van der Waals surface area contributed by atoms with E-state index in [1.54, 1.807) is 23.4 Å². The highest BCUT2D eigenvalue weighted by Crippen LogP contribution is 2.27. The van der Waals surface area contributed by atoms with Gasteiger partial charge in [0, 0.05) is 33.0 Å². The lowest BCUT2D eigenvalue weighted by atomic mass is 9.97.